The molecule has 10 heteroatoms. The maximum atomic E-state index is 12.4. The van der Waals surface area contributed by atoms with Gasteiger partial charge in [-0.3, -0.25) is 10.2 Å². The van der Waals surface area contributed by atoms with E-state index in [1.807, 2.05) is 80.0 Å². The van der Waals surface area contributed by atoms with Crippen LogP contribution in [0.25, 0.3) is 28.2 Å². The summed E-state index contributed by atoms with van der Waals surface area (Å²) in [4.78, 5) is 19.6. The Kier molecular flexibility index (Phi) is 7.34. The number of amides is 2. The van der Waals surface area contributed by atoms with E-state index in [2.05, 4.69) is 26.8 Å². The smallest absolute Gasteiger partial charge is 0.324 e. The quantitative estimate of drug-likeness (QED) is 0.251. The van der Waals surface area contributed by atoms with Crippen LogP contribution in [0.4, 0.5) is 16.3 Å². The van der Waals surface area contributed by atoms with E-state index in [1.165, 1.54) is 0 Å². The molecular weight excluding hydrogens is 520 g/mol. The maximum absolute atomic E-state index is 12.4. The lowest BCUT2D eigenvalue weighted by molar-refractivity contribution is 0.0379. The van der Waals surface area contributed by atoms with Gasteiger partial charge in [0.25, 0.3) is 0 Å². The van der Waals surface area contributed by atoms with Crippen LogP contribution in [-0.2, 0) is 16.6 Å². The van der Waals surface area contributed by atoms with Crippen molar-refractivity contribution in [3.63, 3.8) is 0 Å². The molecule has 0 unspecified atom stereocenters. The molecule has 5 aromatic rings. The lowest BCUT2D eigenvalue weighted by atomic mass is 9.93. The van der Waals surface area contributed by atoms with E-state index in [-0.39, 0.29) is 5.41 Å². The minimum atomic E-state index is -0.394. The molecule has 0 spiro atoms. The monoisotopic (exact) mass is 554 g/mol. The van der Waals surface area contributed by atoms with Crippen LogP contribution in [-0.4, -0.2) is 58.3 Å². The minimum absolute atomic E-state index is 0.190. The van der Waals surface area contributed by atoms with Gasteiger partial charge in [0.15, 0.2) is 5.82 Å². The Morgan fingerprint density at radius 1 is 0.951 bits per heavy atom. The highest BCUT2D eigenvalue weighted by atomic mass is 16.5. The van der Waals surface area contributed by atoms with E-state index in [4.69, 9.17) is 18.7 Å². The van der Waals surface area contributed by atoms with Crippen LogP contribution in [0.1, 0.15) is 32.3 Å². The summed E-state index contributed by atoms with van der Waals surface area (Å²) in [6, 6.07) is 17.0. The molecule has 1 aromatic carbocycles. The van der Waals surface area contributed by atoms with E-state index >= 15 is 0 Å². The fourth-order valence-electron chi connectivity index (χ4n) is 4.73. The summed E-state index contributed by atoms with van der Waals surface area (Å²) in [6.07, 6.45) is 4.90. The molecular formula is C31H34N6O4. The number of nitrogens with one attached hydrogen (secondary N) is 2. The second-order valence-corrected chi connectivity index (χ2v) is 11.3. The van der Waals surface area contributed by atoms with Gasteiger partial charge in [0.05, 0.1) is 18.9 Å². The second kappa shape index (κ2) is 11.2. The summed E-state index contributed by atoms with van der Waals surface area (Å²) < 4.78 is 18.9. The molecule has 0 saturated carbocycles. The van der Waals surface area contributed by atoms with Crippen LogP contribution >= 0.6 is 0 Å². The first-order valence-corrected chi connectivity index (χ1v) is 13.8. The van der Waals surface area contributed by atoms with E-state index in [0.29, 0.717) is 17.3 Å². The molecule has 2 amide bonds. The molecule has 4 aromatic heterocycles. The number of hydrogen-bond acceptors (Lipinski definition) is 7. The standard InChI is InChI=1S/C31H34N6O4/c1-31(2,3)27-18-28(35-41-27)34-30(38)32-23-7-4-21(5-8-23)25-20-37-19-22(6-11-29(37)33-25)26-10-9-24(40-26)12-13-36-14-16-39-17-15-36/h4-11,18-20H,12-17H2,1-3H3,(H2,32,34,35,38). The average molecular weight is 555 g/mol. The molecule has 10 nitrogen and oxygen atoms in total. The number of furan rings is 1. The van der Waals surface area contributed by atoms with Gasteiger partial charge in [0, 0.05) is 66.7 Å². The zero-order valence-corrected chi connectivity index (χ0v) is 23.5. The minimum Gasteiger partial charge on any atom is -0.461 e. The van der Waals surface area contributed by atoms with Gasteiger partial charge < -0.3 is 23.4 Å². The first kappa shape index (κ1) is 26.8. The van der Waals surface area contributed by atoms with Crippen molar-refractivity contribution in [1.82, 2.24) is 19.4 Å². The number of carbonyl (C=O) groups is 1. The molecule has 0 bridgehead atoms. The zero-order chi connectivity index (χ0) is 28.4. The van der Waals surface area contributed by atoms with Crippen LogP contribution < -0.4 is 10.6 Å². The lowest BCUT2D eigenvalue weighted by Crippen LogP contribution is -2.37. The number of urea groups is 1. The van der Waals surface area contributed by atoms with E-state index in [1.54, 1.807) is 6.07 Å². The van der Waals surface area contributed by atoms with Gasteiger partial charge in [-0.2, -0.15) is 0 Å². The SMILES string of the molecule is CC(C)(C)c1cc(NC(=O)Nc2ccc(-c3cn4cc(-c5ccc(CCN6CCOCC6)o5)ccc4n3)cc2)no1. The van der Waals surface area contributed by atoms with Gasteiger partial charge in [-0.25, -0.2) is 9.78 Å². The first-order valence-electron chi connectivity index (χ1n) is 13.8. The number of hydrogen-bond donors (Lipinski definition) is 2. The predicted molar refractivity (Wildman–Crippen MR) is 157 cm³/mol. The number of nitrogens with zero attached hydrogens (tertiary/aromatic N) is 4. The molecule has 6 rings (SSSR count). The zero-order valence-electron chi connectivity index (χ0n) is 23.5. The number of fused-ring (bicyclic) bond motifs is 1. The van der Waals surface area contributed by atoms with Crippen molar-refractivity contribution < 1.29 is 18.5 Å². The molecule has 5 heterocycles. The van der Waals surface area contributed by atoms with Crippen LogP contribution in [0.2, 0.25) is 0 Å². The van der Waals surface area contributed by atoms with Crippen LogP contribution in [0.5, 0.6) is 0 Å². The number of aromatic nitrogens is 3. The molecule has 1 aliphatic rings. The molecule has 212 valence electrons. The largest absolute Gasteiger partial charge is 0.461 e. The topological polar surface area (TPSA) is 110 Å². The molecule has 1 fully saturated rings. The summed E-state index contributed by atoms with van der Waals surface area (Å²) in [5.41, 5.74) is 4.07. The van der Waals surface area contributed by atoms with Gasteiger partial charge in [-0.15, -0.1) is 0 Å². The Hall–Kier alpha value is -4.41. The number of anilines is 2. The molecule has 1 saturated heterocycles. The highest BCUT2D eigenvalue weighted by Crippen LogP contribution is 2.27. The maximum Gasteiger partial charge on any atom is 0.324 e. The van der Waals surface area contributed by atoms with E-state index in [9.17, 15) is 4.79 Å². The van der Waals surface area contributed by atoms with Crippen molar-refractivity contribution in [3.8, 4) is 22.6 Å². The second-order valence-electron chi connectivity index (χ2n) is 11.3. The Balaban J connectivity index is 1.09. The van der Waals surface area contributed by atoms with E-state index in [0.717, 1.165) is 73.3 Å². The third-order valence-electron chi connectivity index (χ3n) is 7.10. The molecule has 0 radical (unpaired) electrons. The van der Waals surface area contributed by atoms with Gasteiger partial charge in [-0.1, -0.05) is 38.1 Å². The van der Waals surface area contributed by atoms with Crippen LogP contribution in [0.15, 0.2) is 75.9 Å². The Morgan fingerprint density at radius 3 is 2.49 bits per heavy atom. The molecule has 2 N–H and O–H groups in total. The fourth-order valence-corrected chi connectivity index (χ4v) is 4.73. The van der Waals surface area contributed by atoms with Gasteiger partial charge >= 0.3 is 6.03 Å². The summed E-state index contributed by atoms with van der Waals surface area (Å²) in [5, 5.41) is 9.45. The van der Waals surface area contributed by atoms with Crippen molar-refractivity contribution in [2.45, 2.75) is 32.6 Å². The number of carbonyl (C=O) groups excluding carboxylic acids is 1. The third kappa shape index (κ3) is 6.34. The molecule has 41 heavy (non-hydrogen) atoms. The van der Waals surface area contributed by atoms with E-state index < -0.39 is 6.03 Å². The van der Waals surface area contributed by atoms with Crippen molar-refractivity contribution >= 4 is 23.2 Å². The summed E-state index contributed by atoms with van der Waals surface area (Å²) in [5.74, 6) is 2.89. The van der Waals surface area contributed by atoms with Crippen LogP contribution in [0.3, 0.4) is 0 Å². The molecule has 0 atom stereocenters. The highest BCUT2D eigenvalue weighted by Gasteiger charge is 2.20. The Labute approximate surface area is 238 Å². The Bertz CT molecular complexity index is 1640. The molecule has 1 aliphatic heterocycles. The molecule has 0 aliphatic carbocycles. The number of ether oxygens (including phenoxy) is 1. The number of morpholine rings is 1. The Morgan fingerprint density at radius 2 is 1.73 bits per heavy atom. The van der Waals surface area contributed by atoms with Gasteiger partial charge in [-0.05, 0) is 36.4 Å². The van der Waals surface area contributed by atoms with Crippen molar-refractivity contribution in [3.05, 3.63) is 78.5 Å². The normalized spacial score (nSPS) is 14.4. The number of rotatable bonds is 7. The van der Waals surface area contributed by atoms with Gasteiger partial charge in [0.2, 0.25) is 0 Å². The van der Waals surface area contributed by atoms with Gasteiger partial charge in [0.1, 0.15) is 22.9 Å². The van der Waals surface area contributed by atoms with Crippen molar-refractivity contribution in [2.24, 2.45) is 0 Å². The van der Waals surface area contributed by atoms with Crippen molar-refractivity contribution in [2.75, 3.05) is 43.5 Å². The third-order valence-corrected chi connectivity index (χ3v) is 7.10. The fraction of sp³-hybridized carbons (Fsp3) is 0.323. The highest BCUT2D eigenvalue weighted by molar-refractivity contribution is 5.99. The average Bonchev–Trinajstić information content (AvgIpc) is 3.72. The lowest BCUT2D eigenvalue weighted by Gasteiger charge is -2.26. The summed E-state index contributed by atoms with van der Waals surface area (Å²) in [7, 11) is 0. The van der Waals surface area contributed by atoms with Crippen LogP contribution in [0, 0.1) is 0 Å². The summed E-state index contributed by atoms with van der Waals surface area (Å²) in [6.45, 7) is 10.6. The summed E-state index contributed by atoms with van der Waals surface area (Å²) >= 11 is 0. The number of imidazole rings is 1. The first-order chi connectivity index (χ1) is 19.8. The number of pyridine rings is 1. The van der Waals surface area contributed by atoms with Crippen molar-refractivity contribution in [1.29, 1.82) is 0 Å². The predicted octanol–water partition coefficient (Wildman–Crippen LogP) is 6.07. The number of benzene rings is 1.